The molecule has 0 fully saturated rings. The first kappa shape index (κ1) is 15.8. The smallest absolute Gasteiger partial charge is 0.243 e. The lowest BCUT2D eigenvalue weighted by Gasteiger charge is -2.40. The highest BCUT2D eigenvalue weighted by atomic mass is 16.3. The molecule has 130 valence electrons. The highest BCUT2D eigenvalue weighted by Crippen LogP contribution is 2.41. The zero-order valence-electron chi connectivity index (χ0n) is 14.2. The number of carbonyl (C=O) groups is 1. The Labute approximate surface area is 147 Å². The number of hydrogen-bond donors (Lipinski definition) is 2. The summed E-state index contributed by atoms with van der Waals surface area (Å²) in [7, 11) is 0. The summed E-state index contributed by atoms with van der Waals surface area (Å²) in [6, 6.07) is 4.46. The summed E-state index contributed by atoms with van der Waals surface area (Å²) >= 11 is 0. The van der Waals surface area contributed by atoms with Crippen molar-refractivity contribution in [2.24, 2.45) is 0 Å². The van der Waals surface area contributed by atoms with Crippen LogP contribution < -0.4 is 10.2 Å². The molecule has 2 aliphatic rings. The third-order valence-electron chi connectivity index (χ3n) is 5.18. The molecule has 3 heterocycles. The van der Waals surface area contributed by atoms with E-state index in [2.05, 4.69) is 33.9 Å². The standard InChI is InChI=1S/C20H23N3O2/c1-2-19(24)22-15-5-3-4-14(12-15)20-17-6-9-21-18(17)7-10-23(20)16-8-11-25-13-16/h2,6,8-9,11-13,15,20-21H,1,3-5,7,10H2,(H,22,24). The van der Waals surface area contributed by atoms with Gasteiger partial charge in [0.2, 0.25) is 5.91 Å². The second-order valence-electron chi connectivity index (χ2n) is 6.69. The van der Waals surface area contributed by atoms with Gasteiger partial charge in [0, 0.05) is 30.9 Å². The van der Waals surface area contributed by atoms with E-state index in [0.29, 0.717) is 0 Å². The van der Waals surface area contributed by atoms with Crippen LogP contribution in [-0.4, -0.2) is 23.5 Å². The maximum absolute atomic E-state index is 11.7. The number of anilines is 1. The van der Waals surface area contributed by atoms with Crippen molar-refractivity contribution in [3.8, 4) is 0 Å². The minimum absolute atomic E-state index is 0.0739. The lowest BCUT2D eigenvalue weighted by Crippen LogP contribution is -2.39. The maximum atomic E-state index is 11.7. The van der Waals surface area contributed by atoms with Crippen LogP contribution in [0.15, 0.2) is 59.6 Å². The predicted molar refractivity (Wildman–Crippen MR) is 97.4 cm³/mol. The van der Waals surface area contributed by atoms with Crippen LogP contribution in [0.3, 0.4) is 0 Å². The average Bonchev–Trinajstić information content (AvgIpc) is 3.32. The van der Waals surface area contributed by atoms with Gasteiger partial charge in [-0.05, 0) is 48.6 Å². The Morgan fingerprint density at radius 2 is 2.32 bits per heavy atom. The van der Waals surface area contributed by atoms with Crippen molar-refractivity contribution < 1.29 is 9.21 Å². The van der Waals surface area contributed by atoms with Gasteiger partial charge >= 0.3 is 0 Å². The lowest BCUT2D eigenvalue weighted by atomic mass is 9.84. The number of aromatic amines is 1. The number of hydrogen-bond acceptors (Lipinski definition) is 3. The molecule has 2 unspecified atom stereocenters. The SMILES string of the molecule is C=CC(=O)NC1C=C(C2c3cc[nH]c3CCN2c2ccoc2)CCC1. The van der Waals surface area contributed by atoms with Crippen molar-refractivity contribution in [2.45, 2.75) is 37.8 Å². The van der Waals surface area contributed by atoms with Crippen molar-refractivity contribution in [3.05, 3.63) is 66.4 Å². The number of rotatable bonds is 4. The van der Waals surface area contributed by atoms with Gasteiger partial charge in [-0.15, -0.1) is 0 Å². The molecule has 0 aromatic carbocycles. The quantitative estimate of drug-likeness (QED) is 0.663. The van der Waals surface area contributed by atoms with E-state index < -0.39 is 0 Å². The van der Waals surface area contributed by atoms with E-state index in [1.807, 2.05) is 18.5 Å². The van der Waals surface area contributed by atoms with Crippen LogP contribution in [-0.2, 0) is 11.2 Å². The third-order valence-corrected chi connectivity index (χ3v) is 5.18. The molecule has 2 atom stereocenters. The Hall–Kier alpha value is -2.69. The van der Waals surface area contributed by atoms with Crippen LogP contribution in [0.2, 0.25) is 0 Å². The van der Waals surface area contributed by atoms with Crippen molar-refractivity contribution in [2.75, 3.05) is 11.4 Å². The second kappa shape index (κ2) is 6.67. The molecule has 0 saturated carbocycles. The van der Waals surface area contributed by atoms with Crippen molar-refractivity contribution in [1.29, 1.82) is 0 Å². The molecular formula is C20H23N3O2. The van der Waals surface area contributed by atoms with E-state index in [0.717, 1.165) is 37.9 Å². The van der Waals surface area contributed by atoms with Crippen LogP contribution in [0.25, 0.3) is 0 Å². The fraction of sp³-hybridized carbons (Fsp3) is 0.350. The minimum atomic E-state index is -0.111. The molecule has 25 heavy (non-hydrogen) atoms. The van der Waals surface area contributed by atoms with Crippen LogP contribution in [0.1, 0.15) is 36.6 Å². The van der Waals surface area contributed by atoms with E-state index in [4.69, 9.17) is 4.42 Å². The molecule has 2 aromatic rings. The maximum Gasteiger partial charge on any atom is 0.243 e. The van der Waals surface area contributed by atoms with Gasteiger partial charge in [0.05, 0.1) is 18.0 Å². The van der Waals surface area contributed by atoms with E-state index >= 15 is 0 Å². The number of fused-ring (bicyclic) bond motifs is 1. The molecule has 0 radical (unpaired) electrons. The highest BCUT2D eigenvalue weighted by molar-refractivity contribution is 5.87. The molecular weight excluding hydrogens is 314 g/mol. The Morgan fingerprint density at radius 3 is 3.12 bits per heavy atom. The molecule has 2 N–H and O–H groups in total. The van der Waals surface area contributed by atoms with Gasteiger partial charge in [0.15, 0.2) is 0 Å². The van der Waals surface area contributed by atoms with E-state index in [-0.39, 0.29) is 18.0 Å². The van der Waals surface area contributed by atoms with Gasteiger partial charge < -0.3 is 19.6 Å². The summed E-state index contributed by atoms with van der Waals surface area (Å²) in [5.74, 6) is -0.111. The molecule has 1 aliphatic carbocycles. The third kappa shape index (κ3) is 3.02. The van der Waals surface area contributed by atoms with Crippen LogP contribution >= 0.6 is 0 Å². The zero-order valence-corrected chi connectivity index (χ0v) is 14.2. The monoisotopic (exact) mass is 337 g/mol. The second-order valence-corrected chi connectivity index (χ2v) is 6.69. The molecule has 5 heteroatoms. The predicted octanol–water partition coefficient (Wildman–Crippen LogP) is 3.49. The summed E-state index contributed by atoms with van der Waals surface area (Å²) in [5.41, 5.74) is 5.11. The van der Waals surface area contributed by atoms with Gasteiger partial charge in [-0.2, -0.15) is 0 Å². The number of H-pyrrole nitrogens is 1. The number of carbonyl (C=O) groups excluding carboxylic acids is 1. The number of nitrogens with one attached hydrogen (secondary N) is 2. The van der Waals surface area contributed by atoms with Crippen LogP contribution in [0, 0.1) is 0 Å². The fourth-order valence-corrected chi connectivity index (χ4v) is 4.05. The van der Waals surface area contributed by atoms with Gasteiger partial charge in [0.25, 0.3) is 0 Å². The number of nitrogens with zero attached hydrogens (tertiary/aromatic N) is 1. The van der Waals surface area contributed by atoms with E-state index in [9.17, 15) is 4.79 Å². The molecule has 0 spiro atoms. The summed E-state index contributed by atoms with van der Waals surface area (Å²) in [4.78, 5) is 17.5. The van der Waals surface area contributed by atoms with Gasteiger partial charge in [-0.3, -0.25) is 4.79 Å². The fourth-order valence-electron chi connectivity index (χ4n) is 4.05. The molecule has 2 aromatic heterocycles. The first-order valence-electron chi connectivity index (χ1n) is 8.85. The molecule has 0 bridgehead atoms. The lowest BCUT2D eigenvalue weighted by molar-refractivity contribution is -0.116. The Balaban J connectivity index is 1.69. The van der Waals surface area contributed by atoms with Gasteiger partial charge in [-0.25, -0.2) is 0 Å². The molecule has 4 rings (SSSR count). The normalized spacial score (nSPS) is 22.9. The largest absolute Gasteiger partial charge is 0.470 e. The van der Waals surface area contributed by atoms with Crippen molar-refractivity contribution in [3.63, 3.8) is 0 Å². The highest BCUT2D eigenvalue weighted by Gasteiger charge is 2.33. The average molecular weight is 337 g/mol. The summed E-state index contributed by atoms with van der Waals surface area (Å²) in [6.45, 7) is 4.49. The molecule has 5 nitrogen and oxygen atoms in total. The van der Waals surface area contributed by atoms with Gasteiger partial charge in [0.1, 0.15) is 6.26 Å². The van der Waals surface area contributed by atoms with Crippen LogP contribution in [0.4, 0.5) is 5.69 Å². The Kier molecular flexibility index (Phi) is 4.22. The number of furan rings is 1. The molecule has 1 amide bonds. The Bertz CT molecular complexity index is 788. The minimum Gasteiger partial charge on any atom is -0.470 e. The van der Waals surface area contributed by atoms with Gasteiger partial charge in [-0.1, -0.05) is 12.7 Å². The topological polar surface area (TPSA) is 61.3 Å². The summed E-state index contributed by atoms with van der Waals surface area (Å²) < 4.78 is 5.32. The van der Waals surface area contributed by atoms with Crippen molar-refractivity contribution in [1.82, 2.24) is 10.3 Å². The number of aromatic nitrogens is 1. The van der Waals surface area contributed by atoms with E-state index in [1.54, 1.807) is 6.26 Å². The first-order chi connectivity index (χ1) is 12.3. The molecule has 0 saturated heterocycles. The zero-order chi connectivity index (χ0) is 17.2. The number of amides is 1. The first-order valence-corrected chi connectivity index (χ1v) is 8.85. The van der Waals surface area contributed by atoms with Crippen LogP contribution in [0.5, 0.6) is 0 Å². The van der Waals surface area contributed by atoms with Crippen molar-refractivity contribution >= 4 is 11.6 Å². The summed E-state index contributed by atoms with van der Waals surface area (Å²) in [5, 5.41) is 3.03. The molecule has 1 aliphatic heterocycles. The Morgan fingerprint density at radius 1 is 1.40 bits per heavy atom. The summed E-state index contributed by atoms with van der Waals surface area (Å²) in [6.07, 6.45) is 13.2. The van der Waals surface area contributed by atoms with E-state index in [1.165, 1.54) is 22.9 Å².